The second kappa shape index (κ2) is 6.21. The third-order valence-corrected chi connectivity index (χ3v) is 5.21. The number of rotatable bonds is 2. The molecule has 3 rings (SSSR count). The summed E-state index contributed by atoms with van der Waals surface area (Å²) in [5, 5.41) is 4.30. The molecule has 1 amide bonds. The van der Waals surface area contributed by atoms with Gasteiger partial charge in [0, 0.05) is 0 Å². The van der Waals surface area contributed by atoms with Gasteiger partial charge in [0.05, 0.1) is 0 Å². The number of fused-ring (bicyclic) bond motifs is 1. The molecular formula is C18H26N3O2P. The van der Waals surface area contributed by atoms with Crippen molar-refractivity contribution in [1.29, 1.82) is 0 Å². The van der Waals surface area contributed by atoms with Crippen molar-refractivity contribution in [2.24, 2.45) is 7.05 Å². The fourth-order valence-corrected chi connectivity index (χ4v) is 3.93. The van der Waals surface area contributed by atoms with Crippen LogP contribution in [0.25, 0.3) is 0 Å². The van der Waals surface area contributed by atoms with Crippen LogP contribution in [0.3, 0.4) is 0 Å². The fraction of sp³-hybridized carbons (Fsp3) is 0.444. The molecule has 2 atom stereocenters. The molecule has 2 aromatic rings. The molecule has 0 spiro atoms. The Balaban J connectivity index is 1.99. The van der Waals surface area contributed by atoms with Crippen LogP contribution in [-0.2, 0) is 11.6 Å². The average molecular weight is 347 g/mol. The number of amides is 1. The van der Waals surface area contributed by atoms with Crippen LogP contribution >= 0.6 is 7.49 Å². The van der Waals surface area contributed by atoms with Crippen LogP contribution in [0.2, 0.25) is 0 Å². The molecule has 0 aliphatic carbocycles. The van der Waals surface area contributed by atoms with Crippen molar-refractivity contribution in [3.05, 3.63) is 53.3 Å². The monoisotopic (exact) mass is 347 g/mol. The zero-order chi connectivity index (χ0) is 17.5. The van der Waals surface area contributed by atoms with Crippen molar-refractivity contribution < 1.29 is 9.32 Å². The average Bonchev–Trinajstić information content (AvgIpc) is 2.92. The number of nitrogens with zero attached hydrogens (tertiary/aromatic N) is 3. The Labute approximate surface area is 144 Å². The van der Waals surface area contributed by atoms with Crippen LogP contribution in [-0.4, -0.2) is 47.3 Å². The summed E-state index contributed by atoms with van der Waals surface area (Å²) in [5.74, 6) is 0.125. The summed E-state index contributed by atoms with van der Waals surface area (Å²) in [6, 6.07) is 8.37. The molecule has 2 unspecified atom stereocenters. The Morgan fingerprint density at radius 3 is 2.50 bits per heavy atom. The molecule has 1 aromatic heterocycles. The van der Waals surface area contributed by atoms with Crippen molar-refractivity contribution in [2.75, 3.05) is 26.5 Å². The molecule has 0 fully saturated rings. The molecular weight excluding hydrogens is 321 g/mol. The van der Waals surface area contributed by atoms with Gasteiger partial charge in [-0.3, -0.25) is 0 Å². The number of carbonyl (C=O) groups excluding carboxylic acids is 1. The minimum absolute atomic E-state index is 0.0120. The van der Waals surface area contributed by atoms with Crippen LogP contribution in [0.5, 0.6) is 0 Å². The van der Waals surface area contributed by atoms with Gasteiger partial charge in [0.15, 0.2) is 0 Å². The second-order valence-electron chi connectivity index (χ2n) is 7.44. The van der Waals surface area contributed by atoms with Crippen LogP contribution in [0, 0.1) is 0 Å². The predicted molar refractivity (Wildman–Crippen MR) is 99.2 cm³/mol. The summed E-state index contributed by atoms with van der Waals surface area (Å²) in [5.41, 5.74) is 3.59. The molecule has 1 aliphatic heterocycles. The molecule has 24 heavy (non-hydrogen) atoms. The van der Waals surface area contributed by atoms with E-state index in [2.05, 4.69) is 30.2 Å². The van der Waals surface area contributed by atoms with E-state index in [1.54, 1.807) is 4.68 Å². The number of hydrogen-bond acceptors (Lipinski definition) is 3. The van der Waals surface area contributed by atoms with E-state index in [9.17, 15) is 4.79 Å². The van der Waals surface area contributed by atoms with Gasteiger partial charge in [-0.05, 0) is 0 Å². The summed E-state index contributed by atoms with van der Waals surface area (Å²) >= 11 is 0. The zero-order valence-electron chi connectivity index (χ0n) is 15.0. The summed E-state index contributed by atoms with van der Waals surface area (Å²) < 4.78 is 7.56. The molecule has 0 saturated carbocycles. The Hall–Kier alpha value is -1.87. The molecule has 1 aromatic carbocycles. The van der Waals surface area contributed by atoms with E-state index in [1.165, 1.54) is 11.1 Å². The summed E-state index contributed by atoms with van der Waals surface area (Å²) in [7, 11) is -0.0155. The van der Waals surface area contributed by atoms with Crippen molar-refractivity contribution in [3.63, 3.8) is 0 Å². The first-order valence-electron chi connectivity index (χ1n) is 8.33. The third kappa shape index (κ3) is 3.32. The molecule has 0 bridgehead atoms. The summed E-state index contributed by atoms with van der Waals surface area (Å²) in [4.78, 5) is 14.6. The van der Waals surface area contributed by atoms with Gasteiger partial charge in [0.2, 0.25) is 0 Å². The molecule has 0 radical (unpaired) electrons. The number of benzene rings is 1. The van der Waals surface area contributed by atoms with E-state index in [0.717, 1.165) is 5.56 Å². The molecule has 6 heteroatoms. The summed E-state index contributed by atoms with van der Waals surface area (Å²) in [6.07, 6.45) is 3.71. The van der Waals surface area contributed by atoms with Crippen molar-refractivity contribution in [3.8, 4) is 0 Å². The normalized spacial score (nSPS) is 21.3. The first kappa shape index (κ1) is 17.0. The van der Waals surface area contributed by atoms with Crippen LogP contribution < -0.4 is 0 Å². The van der Waals surface area contributed by atoms with Gasteiger partial charge in [0.25, 0.3) is 0 Å². The topological polar surface area (TPSA) is 47.4 Å². The van der Waals surface area contributed by atoms with Crippen LogP contribution in [0.4, 0.5) is 4.79 Å². The predicted octanol–water partition coefficient (Wildman–Crippen LogP) is 3.62. The van der Waals surface area contributed by atoms with Crippen molar-refractivity contribution in [2.45, 2.75) is 18.9 Å². The molecule has 2 heterocycles. The Morgan fingerprint density at radius 2 is 1.92 bits per heavy atom. The Kier molecular flexibility index (Phi) is 4.39. The first-order chi connectivity index (χ1) is 11.3. The van der Waals surface area contributed by atoms with Gasteiger partial charge in [-0.15, -0.1) is 0 Å². The van der Waals surface area contributed by atoms with Gasteiger partial charge in [-0.25, -0.2) is 0 Å². The van der Waals surface area contributed by atoms with Crippen LogP contribution in [0.15, 0.2) is 36.7 Å². The van der Waals surface area contributed by atoms with Crippen molar-refractivity contribution >= 4 is 13.6 Å². The van der Waals surface area contributed by atoms with E-state index in [1.807, 2.05) is 50.4 Å². The maximum absolute atomic E-state index is 12.7. The third-order valence-electron chi connectivity index (χ3n) is 4.42. The number of hydrogen-bond donors (Lipinski definition) is 0. The SMILES string of the molecule is CC1c2ccccc2C(c2cnn(C)c2)CN1C(=O)O[PH](C)(C)C. The zero-order valence-corrected chi connectivity index (χ0v) is 16.0. The van der Waals surface area contributed by atoms with Crippen LogP contribution in [0.1, 0.15) is 35.6 Å². The number of aryl methyl sites for hydroxylation is 1. The number of carbonyl (C=O) groups is 1. The fourth-order valence-electron chi connectivity index (χ4n) is 3.29. The van der Waals surface area contributed by atoms with Gasteiger partial charge in [-0.2, -0.15) is 0 Å². The summed E-state index contributed by atoms with van der Waals surface area (Å²) in [6.45, 7) is 8.79. The quantitative estimate of drug-likeness (QED) is 0.780. The van der Waals surface area contributed by atoms with Gasteiger partial charge >= 0.3 is 143 Å². The molecule has 130 valence electrons. The van der Waals surface area contributed by atoms with E-state index < -0.39 is 7.49 Å². The molecule has 5 nitrogen and oxygen atoms in total. The molecule has 0 saturated heterocycles. The number of aromatic nitrogens is 2. The van der Waals surface area contributed by atoms with E-state index in [0.29, 0.717) is 6.54 Å². The Bertz CT molecular complexity index is 751. The molecule has 1 aliphatic rings. The van der Waals surface area contributed by atoms with E-state index in [4.69, 9.17) is 4.52 Å². The van der Waals surface area contributed by atoms with Gasteiger partial charge < -0.3 is 0 Å². The van der Waals surface area contributed by atoms with Gasteiger partial charge in [-0.1, -0.05) is 0 Å². The standard InChI is InChI=1S/C18H26N3O2P/c1-13-15-8-6-7-9-16(15)17(14-10-19-20(2)11-14)12-21(13)18(22)23-24(3,4)5/h6-11,13,17,24H,12H2,1-5H3. The van der Waals surface area contributed by atoms with Crippen molar-refractivity contribution in [1.82, 2.24) is 14.7 Å². The first-order valence-corrected chi connectivity index (χ1v) is 11.7. The van der Waals surface area contributed by atoms with Gasteiger partial charge in [0.1, 0.15) is 0 Å². The Morgan fingerprint density at radius 1 is 1.25 bits per heavy atom. The van der Waals surface area contributed by atoms with E-state index in [-0.39, 0.29) is 18.1 Å². The maximum atomic E-state index is 12.7. The van der Waals surface area contributed by atoms with E-state index >= 15 is 0 Å². The second-order valence-corrected chi connectivity index (χ2v) is 11.9. The molecule has 0 N–H and O–H groups in total. The minimum atomic E-state index is -1.93.